The molecule has 0 fully saturated rings. The van der Waals surface area contributed by atoms with Gasteiger partial charge in [0, 0.05) is 11.6 Å². The number of nitrogens with zero attached hydrogens (tertiary/aromatic N) is 2. The van der Waals surface area contributed by atoms with Crippen LogP contribution in [0, 0.1) is 12.3 Å². The summed E-state index contributed by atoms with van der Waals surface area (Å²) in [6.07, 6.45) is 0. The first kappa shape index (κ1) is 15.9. The van der Waals surface area contributed by atoms with Crippen molar-refractivity contribution in [3.05, 3.63) is 34.3 Å². The number of hydrogen-bond donors (Lipinski definition) is 0. The van der Waals surface area contributed by atoms with E-state index in [9.17, 15) is 22.1 Å². The van der Waals surface area contributed by atoms with Crippen molar-refractivity contribution in [1.82, 2.24) is 0 Å². The molecule has 18 heavy (non-hydrogen) atoms. The molecule has 1 rings (SSSR count). The van der Waals surface area contributed by atoms with Gasteiger partial charge in [-0.3, -0.25) is 0 Å². The zero-order chi connectivity index (χ0) is 14.3. The van der Waals surface area contributed by atoms with Gasteiger partial charge >= 0.3 is 18.9 Å². The lowest BCUT2D eigenvalue weighted by molar-refractivity contribution is 0.0600. The van der Waals surface area contributed by atoms with E-state index in [2.05, 4.69) is 9.71 Å². The van der Waals surface area contributed by atoms with Crippen molar-refractivity contribution in [2.75, 3.05) is 7.11 Å². The molecule has 0 aromatic heterocycles. The molecule has 0 saturated heterocycles. The van der Waals surface area contributed by atoms with Crippen molar-refractivity contribution in [2.24, 2.45) is 0 Å². The third kappa shape index (κ3) is 6.47. The first-order valence-corrected chi connectivity index (χ1v) is 4.60. The van der Waals surface area contributed by atoms with Crippen molar-refractivity contribution in [3.8, 4) is 0 Å². The Hall–Kier alpha value is -2.11. The minimum absolute atomic E-state index is 0.396. The molecule has 0 unspecified atom stereocenters. The summed E-state index contributed by atoms with van der Waals surface area (Å²) < 4.78 is 43.5. The number of esters is 1. The highest BCUT2D eigenvalue weighted by Gasteiger charge is 2.20. The number of halogens is 4. The van der Waals surface area contributed by atoms with Crippen molar-refractivity contribution >= 4 is 18.9 Å². The van der Waals surface area contributed by atoms with Gasteiger partial charge in [0.25, 0.3) is 0 Å². The molecule has 98 valence electrons. The monoisotopic (exact) mass is 264 g/mol. The van der Waals surface area contributed by atoms with Crippen LogP contribution in [0.3, 0.4) is 0 Å². The van der Waals surface area contributed by atoms with Gasteiger partial charge in [-0.2, -0.15) is 0 Å². The van der Waals surface area contributed by atoms with E-state index in [0.717, 1.165) is 5.56 Å². The maximum absolute atomic E-state index is 11.0. The standard InChI is InChI=1S/C9H9N2O2.BF4/c1-6-5-7(9(12)13-2)3-4-8(6)11-10;2-1(3,4)5/h3-5H,1-2H3;/q+1;-1. The van der Waals surface area contributed by atoms with Crippen LogP contribution in [0.15, 0.2) is 18.2 Å². The van der Waals surface area contributed by atoms with Crippen LogP contribution in [0.1, 0.15) is 15.9 Å². The van der Waals surface area contributed by atoms with Gasteiger partial charge in [-0.15, -0.1) is 0 Å². The topological polar surface area (TPSA) is 54.5 Å². The largest absolute Gasteiger partial charge is 0.673 e. The molecule has 0 aliphatic carbocycles. The van der Waals surface area contributed by atoms with E-state index >= 15 is 0 Å². The van der Waals surface area contributed by atoms with Gasteiger partial charge in [-0.25, -0.2) is 4.79 Å². The summed E-state index contributed by atoms with van der Waals surface area (Å²) in [5.74, 6) is -0.396. The molecule has 0 amide bonds. The number of benzene rings is 1. The first-order chi connectivity index (χ1) is 8.19. The van der Waals surface area contributed by atoms with Gasteiger partial charge in [0.2, 0.25) is 5.39 Å². The van der Waals surface area contributed by atoms with Crippen molar-refractivity contribution < 1.29 is 26.8 Å². The smallest absolute Gasteiger partial charge is 0.465 e. The molecule has 0 N–H and O–H groups in total. The van der Waals surface area contributed by atoms with Crippen molar-refractivity contribution in [2.45, 2.75) is 6.92 Å². The summed E-state index contributed by atoms with van der Waals surface area (Å²) in [6.45, 7) is 1.75. The summed E-state index contributed by atoms with van der Waals surface area (Å²) in [7, 11) is -4.68. The number of carbonyl (C=O) groups excluding carboxylic acids is 1. The average Bonchev–Trinajstić information content (AvgIpc) is 2.25. The lowest BCUT2D eigenvalue weighted by atomic mass is 10.1. The molecule has 0 radical (unpaired) electrons. The number of hydrogen-bond acceptors (Lipinski definition) is 3. The van der Waals surface area contributed by atoms with Crippen LogP contribution in [0.2, 0.25) is 0 Å². The van der Waals surface area contributed by atoms with Gasteiger partial charge in [-0.1, -0.05) is 0 Å². The summed E-state index contributed by atoms with van der Waals surface area (Å²) in [6, 6.07) is 4.72. The zero-order valence-corrected chi connectivity index (χ0v) is 9.53. The first-order valence-electron chi connectivity index (χ1n) is 4.60. The zero-order valence-electron chi connectivity index (χ0n) is 9.53. The maximum Gasteiger partial charge on any atom is 0.673 e. The van der Waals surface area contributed by atoms with E-state index in [1.165, 1.54) is 7.11 Å². The van der Waals surface area contributed by atoms with Crippen molar-refractivity contribution in [1.29, 1.82) is 5.39 Å². The molecule has 0 atom stereocenters. The van der Waals surface area contributed by atoms with Crippen LogP contribution < -0.4 is 0 Å². The molecule has 9 heteroatoms. The highest BCUT2D eigenvalue weighted by Crippen LogP contribution is 2.19. The Balaban J connectivity index is 0.000000494. The van der Waals surface area contributed by atoms with E-state index < -0.39 is 13.2 Å². The third-order valence-electron chi connectivity index (χ3n) is 1.73. The molecule has 0 aliphatic rings. The SMILES string of the molecule is COC(=O)c1ccc([N+]#N)c(C)c1.F[B-](F)(F)F. The number of methoxy groups -OCH3 is 1. The fourth-order valence-electron chi connectivity index (χ4n) is 1.01. The van der Waals surface area contributed by atoms with E-state index in [4.69, 9.17) is 5.39 Å². The fourth-order valence-corrected chi connectivity index (χ4v) is 1.01. The molecule has 0 saturated carbocycles. The Kier molecular flexibility index (Phi) is 5.82. The lowest BCUT2D eigenvalue weighted by Gasteiger charge is -1.97. The normalized spacial score (nSPS) is 9.83. The molecule has 4 nitrogen and oxygen atoms in total. The molecule has 0 bridgehead atoms. The second-order valence-electron chi connectivity index (χ2n) is 3.09. The van der Waals surface area contributed by atoms with Crippen LogP contribution in [-0.2, 0) is 4.74 Å². The van der Waals surface area contributed by atoms with Crippen LogP contribution in [0.25, 0.3) is 4.98 Å². The second kappa shape index (κ2) is 6.59. The molecule has 1 aromatic carbocycles. The molecule has 1 aromatic rings. The summed E-state index contributed by atoms with van der Waals surface area (Å²) in [5.41, 5.74) is 1.63. The van der Waals surface area contributed by atoms with Gasteiger partial charge < -0.3 is 22.0 Å². The average molecular weight is 264 g/mol. The number of carbonyl (C=O) groups is 1. The minimum atomic E-state index is -6.00. The van der Waals surface area contributed by atoms with E-state index in [-0.39, 0.29) is 0 Å². The third-order valence-corrected chi connectivity index (χ3v) is 1.73. The molecular weight excluding hydrogens is 255 g/mol. The molecular formula is C9H9BF4N2O2. The van der Waals surface area contributed by atoms with E-state index in [0.29, 0.717) is 11.3 Å². The van der Waals surface area contributed by atoms with Gasteiger partial charge in [0.05, 0.1) is 12.7 Å². The Morgan fingerprint density at radius 2 is 1.83 bits per heavy atom. The quantitative estimate of drug-likeness (QED) is 0.337. The predicted octanol–water partition coefficient (Wildman–Crippen LogP) is 3.57. The Labute approximate surface area is 100 Å². The van der Waals surface area contributed by atoms with Crippen molar-refractivity contribution in [3.63, 3.8) is 0 Å². The van der Waals surface area contributed by atoms with Crippen LogP contribution in [-0.4, -0.2) is 20.3 Å². The van der Waals surface area contributed by atoms with Crippen LogP contribution in [0.4, 0.5) is 23.0 Å². The summed E-state index contributed by atoms with van der Waals surface area (Å²) in [5, 5.41) is 8.51. The van der Waals surface area contributed by atoms with Gasteiger partial charge in [-0.05, 0) is 19.1 Å². The number of rotatable bonds is 1. The number of aryl methyl sites for hydroxylation is 1. The molecule has 0 heterocycles. The van der Waals surface area contributed by atoms with Crippen LogP contribution in [0.5, 0.6) is 0 Å². The number of ether oxygens (including phenoxy) is 1. The fraction of sp³-hybridized carbons (Fsp3) is 0.222. The van der Waals surface area contributed by atoms with Crippen LogP contribution >= 0.6 is 0 Å². The summed E-state index contributed by atoms with van der Waals surface area (Å²) in [4.78, 5) is 14.1. The highest BCUT2D eigenvalue weighted by molar-refractivity contribution is 6.50. The molecule has 0 aliphatic heterocycles. The predicted molar refractivity (Wildman–Crippen MR) is 57.4 cm³/mol. The van der Waals surface area contributed by atoms with E-state index in [1.807, 2.05) is 0 Å². The Morgan fingerprint density at radius 3 is 2.17 bits per heavy atom. The Morgan fingerprint density at radius 1 is 1.33 bits per heavy atom. The lowest BCUT2D eigenvalue weighted by Crippen LogP contribution is -2.02. The van der Waals surface area contributed by atoms with Gasteiger partial charge in [0.1, 0.15) is 0 Å². The second-order valence-corrected chi connectivity index (χ2v) is 3.09. The maximum atomic E-state index is 11.0. The minimum Gasteiger partial charge on any atom is -0.465 e. The van der Waals surface area contributed by atoms with Gasteiger partial charge in [0.15, 0.2) is 4.98 Å². The van der Waals surface area contributed by atoms with E-state index in [1.54, 1.807) is 25.1 Å². The Bertz CT molecular complexity index is 465. The number of diazo groups is 1. The highest BCUT2D eigenvalue weighted by atomic mass is 19.5. The molecule has 0 spiro atoms. The summed E-state index contributed by atoms with van der Waals surface area (Å²) >= 11 is 0.